The highest BCUT2D eigenvalue weighted by Gasteiger charge is 2.30. The number of ether oxygens (including phenoxy) is 1. The molecular formula is C20H23F2N5O3. The number of fused-ring (bicyclic) bond motifs is 1. The van der Waals surface area contributed by atoms with Gasteiger partial charge in [0.1, 0.15) is 6.33 Å². The summed E-state index contributed by atoms with van der Waals surface area (Å²) in [5.74, 6) is 0.0715. The number of piperidine rings is 1. The highest BCUT2D eigenvalue weighted by Crippen LogP contribution is 2.28. The van der Waals surface area contributed by atoms with Crippen LogP contribution in [0.3, 0.4) is 0 Å². The molecule has 0 spiro atoms. The maximum atomic E-state index is 12.7. The van der Waals surface area contributed by atoms with E-state index in [1.54, 1.807) is 0 Å². The normalized spacial score (nSPS) is 19.8. The number of alkyl halides is 2. The van der Waals surface area contributed by atoms with E-state index in [1.807, 2.05) is 23.1 Å². The van der Waals surface area contributed by atoms with Crippen molar-refractivity contribution < 1.29 is 23.1 Å². The van der Waals surface area contributed by atoms with Crippen LogP contribution in [-0.4, -0.2) is 72.4 Å². The molecule has 0 aliphatic carbocycles. The van der Waals surface area contributed by atoms with Crippen molar-refractivity contribution in [3.63, 3.8) is 0 Å². The molecule has 1 aromatic heterocycles. The van der Waals surface area contributed by atoms with Crippen molar-refractivity contribution in [1.29, 1.82) is 0 Å². The molecule has 160 valence electrons. The third kappa shape index (κ3) is 4.42. The first kappa shape index (κ1) is 20.2. The molecule has 2 saturated heterocycles. The molecule has 4 rings (SSSR count). The second kappa shape index (κ2) is 8.76. The number of anilines is 1. The average Bonchev–Trinajstić information content (AvgIpc) is 2.77. The van der Waals surface area contributed by atoms with Crippen LogP contribution < -0.4 is 15.0 Å². The fraction of sp³-hybridized carbons (Fsp3) is 0.500. The SMILES string of the molecule is O=C1CCC(C(=O)N2CCN(c3ccc4ncnc(OCC(F)F)c4c3)CC2)CN1. The van der Waals surface area contributed by atoms with E-state index < -0.39 is 13.0 Å². The lowest BCUT2D eigenvalue weighted by Gasteiger charge is -2.38. The van der Waals surface area contributed by atoms with Crippen molar-refractivity contribution in [1.82, 2.24) is 20.2 Å². The summed E-state index contributed by atoms with van der Waals surface area (Å²) in [5, 5.41) is 3.33. The minimum Gasteiger partial charge on any atom is -0.471 e. The first-order valence-electron chi connectivity index (χ1n) is 9.97. The number of hydrogen-bond donors (Lipinski definition) is 1. The molecule has 0 radical (unpaired) electrons. The van der Waals surface area contributed by atoms with E-state index >= 15 is 0 Å². The van der Waals surface area contributed by atoms with Crippen molar-refractivity contribution in [3.05, 3.63) is 24.5 Å². The van der Waals surface area contributed by atoms with Gasteiger partial charge in [-0.15, -0.1) is 0 Å². The van der Waals surface area contributed by atoms with E-state index in [1.165, 1.54) is 6.33 Å². The van der Waals surface area contributed by atoms with Crippen molar-refractivity contribution in [3.8, 4) is 5.88 Å². The Hall–Kier alpha value is -3.04. The van der Waals surface area contributed by atoms with Crippen molar-refractivity contribution >= 4 is 28.4 Å². The monoisotopic (exact) mass is 419 g/mol. The molecule has 2 aliphatic heterocycles. The molecule has 1 unspecified atom stereocenters. The molecule has 30 heavy (non-hydrogen) atoms. The Balaban J connectivity index is 1.42. The number of nitrogens with zero attached hydrogens (tertiary/aromatic N) is 4. The number of amides is 2. The lowest BCUT2D eigenvalue weighted by Crippen LogP contribution is -2.52. The van der Waals surface area contributed by atoms with Gasteiger partial charge in [-0.25, -0.2) is 18.7 Å². The quantitative estimate of drug-likeness (QED) is 0.789. The lowest BCUT2D eigenvalue weighted by molar-refractivity contribution is -0.137. The molecule has 2 aromatic rings. The molecule has 2 amide bonds. The molecule has 1 aromatic carbocycles. The molecule has 0 saturated carbocycles. The average molecular weight is 419 g/mol. The van der Waals surface area contributed by atoms with Crippen LogP contribution >= 0.6 is 0 Å². The maximum Gasteiger partial charge on any atom is 0.272 e. The first-order valence-corrected chi connectivity index (χ1v) is 9.97. The Morgan fingerprint density at radius 2 is 2.03 bits per heavy atom. The Morgan fingerprint density at radius 3 is 2.73 bits per heavy atom. The molecule has 0 bridgehead atoms. The minimum atomic E-state index is -2.58. The van der Waals surface area contributed by atoms with Gasteiger partial charge >= 0.3 is 0 Å². The van der Waals surface area contributed by atoms with Gasteiger partial charge in [0.15, 0.2) is 6.61 Å². The van der Waals surface area contributed by atoms with E-state index in [9.17, 15) is 18.4 Å². The predicted octanol–water partition coefficient (Wildman–Crippen LogP) is 1.45. The van der Waals surface area contributed by atoms with Gasteiger partial charge in [0.25, 0.3) is 6.43 Å². The number of piperazine rings is 1. The zero-order valence-electron chi connectivity index (χ0n) is 16.4. The van der Waals surface area contributed by atoms with Gasteiger partial charge in [-0.3, -0.25) is 9.59 Å². The van der Waals surface area contributed by atoms with Crippen molar-refractivity contribution in [2.75, 3.05) is 44.2 Å². The van der Waals surface area contributed by atoms with E-state index in [4.69, 9.17) is 4.74 Å². The van der Waals surface area contributed by atoms with Gasteiger partial charge in [0.2, 0.25) is 17.7 Å². The molecule has 10 heteroatoms. The first-order chi connectivity index (χ1) is 14.5. The smallest absolute Gasteiger partial charge is 0.272 e. The zero-order valence-corrected chi connectivity index (χ0v) is 16.4. The third-order valence-electron chi connectivity index (χ3n) is 5.50. The lowest BCUT2D eigenvalue weighted by atomic mass is 9.97. The molecule has 2 fully saturated rings. The molecule has 1 atom stereocenters. The summed E-state index contributed by atoms with van der Waals surface area (Å²) in [6, 6.07) is 5.56. The fourth-order valence-electron chi connectivity index (χ4n) is 3.86. The third-order valence-corrected chi connectivity index (χ3v) is 5.50. The van der Waals surface area contributed by atoms with E-state index in [0.717, 1.165) is 5.69 Å². The van der Waals surface area contributed by atoms with Gasteiger partial charge in [0.05, 0.1) is 16.8 Å². The fourth-order valence-corrected chi connectivity index (χ4v) is 3.86. The predicted molar refractivity (Wildman–Crippen MR) is 106 cm³/mol. The van der Waals surface area contributed by atoms with Crippen LogP contribution in [0.15, 0.2) is 24.5 Å². The van der Waals surface area contributed by atoms with Crippen LogP contribution in [0, 0.1) is 5.92 Å². The minimum absolute atomic E-state index is 0.000974. The van der Waals surface area contributed by atoms with Crippen molar-refractivity contribution in [2.45, 2.75) is 19.3 Å². The maximum absolute atomic E-state index is 12.7. The molecule has 1 N–H and O–H groups in total. The topological polar surface area (TPSA) is 87.7 Å². The summed E-state index contributed by atoms with van der Waals surface area (Å²) in [6.07, 6.45) is -0.301. The Labute approximate surface area is 172 Å². The summed E-state index contributed by atoms with van der Waals surface area (Å²) in [5.41, 5.74) is 1.52. The standard InChI is InChI=1S/C20H23F2N5O3/c21-17(22)11-30-19-15-9-14(2-3-16(15)24-12-25-19)26-5-7-27(8-6-26)20(29)13-1-4-18(28)23-10-13/h2-3,9,12-13,17H,1,4-8,10-11H2,(H,23,28). The molecule has 3 heterocycles. The number of hydrogen-bond acceptors (Lipinski definition) is 6. The Kier molecular flexibility index (Phi) is 5.91. The van der Waals surface area contributed by atoms with Gasteiger partial charge in [-0.1, -0.05) is 0 Å². The molecule has 2 aliphatic rings. The number of carbonyl (C=O) groups is 2. The summed E-state index contributed by atoms with van der Waals surface area (Å²) < 4.78 is 30.2. The van der Waals surface area contributed by atoms with Gasteiger partial charge in [0, 0.05) is 44.8 Å². The van der Waals surface area contributed by atoms with E-state index in [2.05, 4.69) is 20.2 Å². The van der Waals surface area contributed by atoms with E-state index in [-0.39, 0.29) is 23.6 Å². The molecule has 8 nitrogen and oxygen atoms in total. The zero-order chi connectivity index (χ0) is 21.1. The second-order valence-corrected chi connectivity index (χ2v) is 7.43. The number of carbonyl (C=O) groups excluding carboxylic acids is 2. The summed E-state index contributed by atoms with van der Waals surface area (Å²) in [7, 11) is 0. The van der Waals surface area contributed by atoms with Crippen LogP contribution in [0.25, 0.3) is 10.9 Å². The number of aromatic nitrogens is 2. The van der Waals surface area contributed by atoms with Crippen LogP contribution in [0.4, 0.5) is 14.5 Å². The van der Waals surface area contributed by atoms with Crippen LogP contribution in [0.2, 0.25) is 0 Å². The second-order valence-electron chi connectivity index (χ2n) is 7.43. The van der Waals surface area contributed by atoms with Crippen LogP contribution in [0.1, 0.15) is 12.8 Å². The molecular weight excluding hydrogens is 396 g/mol. The van der Waals surface area contributed by atoms with Gasteiger partial charge in [-0.2, -0.15) is 0 Å². The van der Waals surface area contributed by atoms with Crippen LogP contribution in [-0.2, 0) is 9.59 Å². The number of benzene rings is 1. The van der Waals surface area contributed by atoms with E-state index in [0.29, 0.717) is 56.5 Å². The largest absolute Gasteiger partial charge is 0.471 e. The van der Waals surface area contributed by atoms with Crippen molar-refractivity contribution in [2.24, 2.45) is 5.92 Å². The van der Waals surface area contributed by atoms with Crippen LogP contribution in [0.5, 0.6) is 5.88 Å². The highest BCUT2D eigenvalue weighted by molar-refractivity contribution is 5.87. The summed E-state index contributed by atoms with van der Waals surface area (Å²) in [4.78, 5) is 36.2. The summed E-state index contributed by atoms with van der Waals surface area (Å²) in [6.45, 7) is 2.15. The summed E-state index contributed by atoms with van der Waals surface area (Å²) >= 11 is 0. The number of halogens is 2. The number of rotatable bonds is 5. The number of nitrogens with one attached hydrogen (secondary N) is 1. The van der Waals surface area contributed by atoms with Gasteiger partial charge in [-0.05, 0) is 24.6 Å². The highest BCUT2D eigenvalue weighted by atomic mass is 19.3. The Morgan fingerprint density at radius 1 is 1.23 bits per heavy atom. The van der Waals surface area contributed by atoms with Gasteiger partial charge < -0.3 is 19.9 Å². The Bertz CT molecular complexity index is 924.